The first-order valence-corrected chi connectivity index (χ1v) is 13.8. The molecule has 2 aliphatic rings. The zero-order chi connectivity index (χ0) is 30.1. The lowest BCUT2D eigenvalue weighted by atomic mass is 10.1. The number of nitrogens with zero attached hydrogens (tertiary/aromatic N) is 6. The summed E-state index contributed by atoms with van der Waals surface area (Å²) in [5.41, 5.74) is 1.68. The standard InChI is InChI=1S/C29H39F3N6O3/c1-19-7-6-8-23(27(19)35(4)12-14-37-13-11-34(3)22(17-37)18-39)36(5)28(41)24-9-10-26(40)38(24)25-16-21(29(30,31)32)15-20(2)33-25/h6-8,15-16,22,24,39H,9-14,17-18H2,1-5H3. The van der Waals surface area contributed by atoms with E-state index in [4.69, 9.17) is 0 Å². The Morgan fingerprint density at radius 1 is 1.17 bits per heavy atom. The van der Waals surface area contributed by atoms with Gasteiger partial charge in [-0.15, -0.1) is 0 Å². The first-order chi connectivity index (χ1) is 19.3. The Labute approximate surface area is 239 Å². The van der Waals surface area contributed by atoms with E-state index in [1.807, 2.05) is 39.2 Å². The number of benzene rings is 1. The molecule has 2 atom stereocenters. The minimum atomic E-state index is -4.61. The van der Waals surface area contributed by atoms with Crippen molar-refractivity contribution in [3.63, 3.8) is 0 Å². The Kier molecular flexibility index (Phi) is 9.25. The number of aromatic nitrogens is 1. The predicted molar refractivity (Wildman–Crippen MR) is 152 cm³/mol. The molecule has 0 bridgehead atoms. The number of aliphatic hydroxyl groups is 1. The monoisotopic (exact) mass is 576 g/mol. The van der Waals surface area contributed by atoms with E-state index in [0.717, 1.165) is 54.5 Å². The number of carbonyl (C=O) groups excluding carboxylic acids is 2. The fourth-order valence-corrected chi connectivity index (χ4v) is 5.71. The zero-order valence-corrected chi connectivity index (χ0v) is 24.3. The highest BCUT2D eigenvalue weighted by Crippen LogP contribution is 2.36. The number of amides is 2. The van der Waals surface area contributed by atoms with Crippen molar-refractivity contribution in [1.82, 2.24) is 14.8 Å². The number of para-hydroxylation sites is 1. The number of anilines is 3. The lowest BCUT2D eigenvalue weighted by Crippen LogP contribution is -2.54. The van der Waals surface area contributed by atoms with Gasteiger partial charge in [0.2, 0.25) is 11.8 Å². The van der Waals surface area contributed by atoms with Gasteiger partial charge in [-0.05, 0) is 51.1 Å². The van der Waals surface area contributed by atoms with Crippen molar-refractivity contribution in [2.24, 2.45) is 0 Å². The maximum Gasteiger partial charge on any atom is 0.416 e. The van der Waals surface area contributed by atoms with Crippen LogP contribution in [0.4, 0.5) is 30.4 Å². The van der Waals surface area contributed by atoms with E-state index in [0.29, 0.717) is 12.2 Å². The van der Waals surface area contributed by atoms with Crippen LogP contribution in [0.5, 0.6) is 0 Å². The summed E-state index contributed by atoms with van der Waals surface area (Å²) in [7, 11) is 5.61. The van der Waals surface area contributed by atoms with Crippen LogP contribution in [-0.2, 0) is 15.8 Å². The fraction of sp³-hybridized carbons (Fsp3) is 0.552. The minimum Gasteiger partial charge on any atom is -0.395 e. The van der Waals surface area contributed by atoms with Crippen LogP contribution in [0, 0.1) is 13.8 Å². The molecule has 1 aromatic carbocycles. The lowest BCUT2D eigenvalue weighted by Gasteiger charge is -2.39. The quantitative estimate of drug-likeness (QED) is 0.518. The average molecular weight is 577 g/mol. The number of halogens is 3. The van der Waals surface area contributed by atoms with Gasteiger partial charge < -0.3 is 14.9 Å². The van der Waals surface area contributed by atoms with Crippen LogP contribution >= 0.6 is 0 Å². The van der Waals surface area contributed by atoms with Gasteiger partial charge in [-0.1, -0.05) is 12.1 Å². The van der Waals surface area contributed by atoms with E-state index in [2.05, 4.69) is 19.7 Å². The van der Waals surface area contributed by atoms with Crippen molar-refractivity contribution >= 4 is 29.0 Å². The molecule has 2 aromatic rings. The third kappa shape index (κ3) is 6.65. The number of hydrogen-bond acceptors (Lipinski definition) is 7. The molecule has 9 nitrogen and oxygen atoms in total. The van der Waals surface area contributed by atoms with E-state index < -0.39 is 29.6 Å². The Morgan fingerprint density at radius 3 is 2.59 bits per heavy atom. The largest absolute Gasteiger partial charge is 0.416 e. The van der Waals surface area contributed by atoms with E-state index >= 15 is 0 Å². The Hall–Kier alpha value is -3.22. The zero-order valence-electron chi connectivity index (χ0n) is 24.3. The Balaban J connectivity index is 1.55. The van der Waals surface area contributed by atoms with Gasteiger partial charge in [0.25, 0.3) is 0 Å². The summed E-state index contributed by atoms with van der Waals surface area (Å²) < 4.78 is 40.5. The van der Waals surface area contributed by atoms with E-state index in [9.17, 15) is 27.9 Å². The third-order valence-corrected chi connectivity index (χ3v) is 8.12. The number of likely N-dealkylation sites (N-methyl/N-ethyl adjacent to an activating group) is 3. The second-order valence-electron chi connectivity index (χ2n) is 11.1. The molecule has 0 saturated carbocycles. The Bertz CT molecular complexity index is 1270. The summed E-state index contributed by atoms with van der Waals surface area (Å²) >= 11 is 0. The van der Waals surface area contributed by atoms with Gasteiger partial charge in [-0.3, -0.25) is 24.3 Å². The normalized spacial score (nSPS) is 20.5. The van der Waals surface area contributed by atoms with Crippen molar-refractivity contribution in [2.75, 3.05) is 75.2 Å². The van der Waals surface area contributed by atoms with Crippen LogP contribution in [0.15, 0.2) is 30.3 Å². The summed E-state index contributed by atoms with van der Waals surface area (Å²) in [6.07, 6.45) is -4.38. The van der Waals surface area contributed by atoms with Gasteiger partial charge in [-0.2, -0.15) is 13.2 Å². The summed E-state index contributed by atoms with van der Waals surface area (Å²) in [6.45, 7) is 7.51. The lowest BCUT2D eigenvalue weighted by molar-refractivity contribution is -0.137. The van der Waals surface area contributed by atoms with Crippen LogP contribution < -0.4 is 14.7 Å². The summed E-state index contributed by atoms with van der Waals surface area (Å²) in [4.78, 5) is 40.1. The molecule has 2 amide bonds. The number of aryl methyl sites for hydroxylation is 2. The highest BCUT2D eigenvalue weighted by molar-refractivity contribution is 6.09. The van der Waals surface area contributed by atoms with E-state index in [-0.39, 0.29) is 37.0 Å². The SMILES string of the molecule is Cc1cc(C(F)(F)F)cc(N2C(=O)CCC2C(=O)N(C)c2cccc(C)c2N(C)CCN2CCN(C)C(CO)C2)n1. The topological polar surface area (TPSA) is 83.5 Å². The molecule has 41 heavy (non-hydrogen) atoms. The van der Waals surface area contributed by atoms with Gasteiger partial charge in [0, 0.05) is 65.0 Å². The van der Waals surface area contributed by atoms with Crippen molar-refractivity contribution in [1.29, 1.82) is 0 Å². The van der Waals surface area contributed by atoms with Gasteiger partial charge in [0.15, 0.2) is 0 Å². The molecule has 0 aliphatic carbocycles. The van der Waals surface area contributed by atoms with Crippen molar-refractivity contribution in [3.05, 3.63) is 47.2 Å². The number of pyridine rings is 1. The molecule has 12 heteroatoms. The summed E-state index contributed by atoms with van der Waals surface area (Å²) in [6, 6.07) is 6.54. The molecule has 4 rings (SSSR count). The highest BCUT2D eigenvalue weighted by atomic mass is 19.4. The average Bonchev–Trinajstić information content (AvgIpc) is 3.31. The first kappa shape index (κ1) is 30.7. The molecule has 2 unspecified atom stereocenters. The van der Waals surface area contributed by atoms with Gasteiger partial charge in [0.1, 0.15) is 11.9 Å². The second kappa shape index (κ2) is 12.3. The Morgan fingerprint density at radius 2 is 1.90 bits per heavy atom. The van der Waals surface area contributed by atoms with Gasteiger partial charge in [-0.25, -0.2) is 4.98 Å². The molecule has 3 heterocycles. The molecule has 2 fully saturated rings. The van der Waals surface area contributed by atoms with Crippen molar-refractivity contribution in [3.8, 4) is 0 Å². The first-order valence-electron chi connectivity index (χ1n) is 13.8. The van der Waals surface area contributed by atoms with E-state index in [1.54, 1.807) is 7.05 Å². The molecule has 0 radical (unpaired) electrons. The fourth-order valence-electron chi connectivity index (χ4n) is 5.71. The minimum absolute atomic E-state index is 0.0433. The molecule has 1 N–H and O–H groups in total. The molecule has 2 saturated heterocycles. The molecular weight excluding hydrogens is 537 g/mol. The van der Waals surface area contributed by atoms with Crippen molar-refractivity contribution in [2.45, 2.75) is 44.9 Å². The van der Waals surface area contributed by atoms with Crippen LogP contribution in [0.1, 0.15) is 29.7 Å². The van der Waals surface area contributed by atoms with Crippen LogP contribution in [0.25, 0.3) is 0 Å². The number of alkyl halides is 3. The maximum atomic E-state index is 13.9. The van der Waals surface area contributed by atoms with E-state index in [1.165, 1.54) is 11.8 Å². The van der Waals surface area contributed by atoms with Crippen LogP contribution in [0.3, 0.4) is 0 Å². The molecule has 0 spiro atoms. The third-order valence-electron chi connectivity index (χ3n) is 8.12. The number of hydrogen-bond donors (Lipinski definition) is 1. The maximum absolute atomic E-state index is 13.9. The van der Waals surface area contributed by atoms with Gasteiger partial charge in [0.05, 0.1) is 23.5 Å². The molecular formula is C29H39F3N6O3. The molecule has 2 aliphatic heterocycles. The summed E-state index contributed by atoms with van der Waals surface area (Å²) in [5.74, 6) is -0.989. The van der Waals surface area contributed by atoms with Crippen molar-refractivity contribution < 1.29 is 27.9 Å². The summed E-state index contributed by atoms with van der Waals surface area (Å²) in [5, 5.41) is 9.69. The highest BCUT2D eigenvalue weighted by Gasteiger charge is 2.41. The number of aliphatic hydroxyl groups excluding tert-OH is 1. The molecule has 1 aromatic heterocycles. The second-order valence-corrected chi connectivity index (χ2v) is 11.1. The number of piperazine rings is 1. The predicted octanol–water partition coefficient (Wildman–Crippen LogP) is 2.92. The van der Waals surface area contributed by atoms with Crippen LogP contribution in [-0.4, -0.2) is 104 Å². The number of rotatable bonds is 8. The van der Waals surface area contributed by atoms with Crippen LogP contribution in [0.2, 0.25) is 0 Å². The van der Waals surface area contributed by atoms with Gasteiger partial charge >= 0.3 is 6.18 Å². The number of carbonyl (C=O) groups is 2. The smallest absolute Gasteiger partial charge is 0.395 e. The molecule has 224 valence electrons.